The molecule has 0 heteroatoms. The van der Waals surface area contributed by atoms with Gasteiger partial charge in [0.1, 0.15) is 0 Å². The Balaban J connectivity index is 2.00. The average molecular weight is 93.1 g/mol. The van der Waals surface area contributed by atoms with Crippen LogP contribution in [-0.4, -0.2) is 0 Å². The van der Waals surface area contributed by atoms with Crippen molar-refractivity contribution < 1.29 is 0 Å². The van der Waals surface area contributed by atoms with Gasteiger partial charge in [-0.25, -0.2) is 0 Å². The quantitative estimate of drug-likeness (QED) is 0.463. The molecule has 0 amide bonds. The largest absolute Gasteiger partial charge is 0.0619 e. The highest BCUT2D eigenvalue weighted by Crippen LogP contribution is 2.49. The summed E-state index contributed by atoms with van der Waals surface area (Å²) in [5.41, 5.74) is 1.62. The zero-order valence-corrected chi connectivity index (χ0v) is 4.57. The lowest BCUT2D eigenvalue weighted by molar-refractivity contribution is 0.875. The molecule has 2 atom stereocenters. The molecule has 1 fully saturated rings. The van der Waals surface area contributed by atoms with Crippen LogP contribution in [0.2, 0.25) is 0 Å². The van der Waals surface area contributed by atoms with Gasteiger partial charge in [0.2, 0.25) is 0 Å². The molecule has 0 aliphatic heterocycles. The molecule has 0 N–H and O–H groups in total. The Morgan fingerprint density at radius 2 is 2.29 bits per heavy atom. The van der Waals surface area contributed by atoms with Gasteiger partial charge in [0.15, 0.2) is 0 Å². The Hall–Kier alpha value is -0.260. The monoisotopic (exact) mass is 93.1 g/mol. The molecule has 0 aromatic heterocycles. The summed E-state index contributed by atoms with van der Waals surface area (Å²) < 4.78 is 0. The van der Waals surface area contributed by atoms with Crippen LogP contribution in [-0.2, 0) is 0 Å². The Morgan fingerprint density at radius 1 is 1.71 bits per heavy atom. The van der Waals surface area contributed by atoms with Gasteiger partial charge in [0.05, 0.1) is 0 Å². The molecule has 7 heavy (non-hydrogen) atoms. The standard InChI is InChI=1S/C7H9/c1-5-4-7(5)6-2-3-6/h5,7H,2,4H2,1H3. The maximum atomic E-state index is 3.24. The molecule has 0 heterocycles. The molecule has 0 nitrogen and oxygen atoms in total. The van der Waals surface area contributed by atoms with Crippen molar-refractivity contribution in [2.24, 2.45) is 11.8 Å². The fourth-order valence-electron chi connectivity index (χ4n) is 1.12. The molecule has 0 saturated heterocycles. The lowest BCUT2D eigenvalue weighted by atomic mass is 10.3. The summed E-state index contributed by atoms with van der Waals surface area (Å²) in [5.74, 6) is 1.99. The third kappa shape index (κ3) is 0.495. The maximum absolute atomic E-state index is 3.24. The minimum Gasteiger partial charge on any atom is -0.0619 e. The number of hydrogen-bond acceptors (Lipinski definition) is 0. The van der Waals surface area contributed by atoms with E-state index < -0.39 is 0 Å². The Labute approximate surface area is 44.2 Å². The van der Waals surface area contributed by atoms with E-state index >= 15 is 0 Å². The third-order valence-electron chi connectivity index (χ3n) is 1.94. The van der Waals surface area contributed by atoms with Crippen molar-refractivity contribution in [1.29, 1.82) is 0 Å². The SMILES string of the molecule is CC1CC1C1=[C]C1. The van der Waals surface area contributed by atoms with Crippen molar-refractivity contribution in [2.75, 3.05) is 0 Å². The third-order valence-corrected chi connectivity index (χ3v) is 1.94. The minimum atomic E-state index is 0.986. The first-order valence-corrected chi connectivity index (χ1v) is 2.97. The van der Waals surface area contributed by atoms with E-state index in [2.05, 4.69) is 13.0 Å². The van der Waals surface area contributed by atoms with Gasteiger partial charge in [-0.1, -0.05) is 12.5 Å². The lowest BCUT2D eigenvalue weighted by Gasteiger charge is -1.78. The van der Waals surface area contributed by atoms with Crippen LogP contribution in [0.3, 0.4) is 0 Å². The molecule has 37 valence electrons. The van der Waals surface area contributed by atoms with Gasteiger partial charge < -0.3 is 0 Å². The van der Waals surface area contributed by atoms with Crippen LogP contribution in [0, 0.1) is 17.9 Å². The van der Waals surface area contributed by atoms with E-state index in [9.17, 15) is 0 Å². The number of allylic oxidation sites excluding steroid dienone is 2. The van der Waals surface area contributed by atoms with E-state index in [-0.39, 0.29) is 0 Å². The Morgan fingerprint density at radius 3 is 2.43 bits per heavy atom. The first-order valence-electron chi connectivity index (χ1n) is 2.97. The second kappa shape index (κ2) is 0.936. The van der Waals surface area contributed by atoms with Crippen LogP contribution in [0.1, 0.15) is 19.8 Å². The van der Waals surface area contributed by atoms with Crippen LogP contribution >= 0.6 is 0 Å². The molecular formula is C7H9. The van der Waals surface area contributed by atoms with Gasteiger partial charge in [-0.15, -0.1) is 0 Å². The van der Waals surface area contributed by atoms with E-state index in [0.717, 1.165) is 11.8 Å². The molecule has 0 aromatic rings. The fraction of sp³-hybridized carbons (Fsp3) is 0.714. The summed E-state index contributed by atoms with van der Waals surface area (Å²) in [6, 6.07) is 0. The normalized spacial score (nSPS) is 45.6. The molecule has 2 aliphatic carbocycles. The topological polar surface area (TPSA) is 0 Å². The van der Waals surface area contributed by atoms with E-state index in [4.69, 9.17) is 0 Å². The molecule has 2 rings (SSSR count). The summed E-state index contributed by atoms with van der Waals surface area (Å²) in [7, 11) is 0. The van der Waals surface area contributed by atoms with E-state index in [1.807, 2.05) is 0 Å². The lowest BCUT2D eigenvalue weighted by Crippen LogP contribution is -1.68. The average Bonchev–Trinajstić information content (AvgIpc) is 2.23. The fourth-order valence-corrected chi connectivity index (χ4v) is 1.12. The van der Waals surface area contributed by atoms with Crippen LogP contribution in [0.15, 0.2) is 5.57 Å². The van der Waals surface area contributed by atoms with Crippen LogP contribution in [0.5, 0.6) is 0 Å². The van der Waals surface area contributed by atoms with Gasteiger partial charge in [0.25, 0.3) is 0 Å². The molecular weight excluding hydrogens is 84.1 g/mol. The summed E-state index contributed by atoms with van der Waals surface area (Å²) in [5, 5.41) is 0. The summed E-state index contributed by atoms with van der Waals surface area (Å²) in [6.45, 7) is 2.32. The van der Waals surface area contributed by atoms with Crippen molar-refractivity contribution in [3.63, 3.8) is 0 Å². The van der Waals surface area contributed by atoms with E-state index in [0.29, 0.717) is 0 Å². The molecule has 0 spiro atoms. The highest BCUT2D eigenvalue weighted by atomic mass is 14.4. The van der Waals surface area contributed by atoms with Gasteiger partial charge in [-0.05, 0) is 30.8 Å². The number of rotatable bonds is 1. The zero-order valence-electron chi connectivity index (χ0n) is 4.57. The van der Waals surface area contributed by atoms with Crippen molar-refractivity contribution in [1.82, 2.24) is 0 Å². The number of hydrogen-bond donors (Lipinski definition) is 0. The molecule has 2 unspecified atom stereocenters. The molecule has 2 aliphatic rings. The predicted molar refractivity (Wildman–Crippen MR) is 28.6 cm³/mol. The maximum Gasteiger partial charge on any atom is -0.00556 e. The molecule has 1 radical (unpaired) electrons. The summed E-state index contributed by atoms with van der Waals surface area (Å²) in [4.78, 5) is 0. The van der Waals surface area contributed by atoms with E-state index in [1.54, 1.807) is 5.57 Å². The van der Waals surface area contributed by atoms with Gasteiger partial charge in [-0.3, -0.25) is 0 Å². The van der Waals surface area contributed by atoms with Gasteiger partial charge in [0, 0.05) is 0 Å². The highest BCUT2D eigenvalue weighted by Gasteiger charge is 2.38. The Kier molecular flexibility index (Phi) is 0.495. The second-order valence-corrected chi connectivity index (χ2v) is 2.70. The second-order valence-electron chi connectivity index (χ2n) is 2.70. The predicted octanol–water partition coefficient (Wildman–Crippen LogP) is 1.78. The van der Waals surface area contributed by atoms with Crippen molar-refractivity contribution >= 4 is 0 Å². The summed E-state index contributed by atoms with van der Waals surface area (Å²) in [6.07, 6.45) is 5.91. The molecule has 1 saturated carbocycles. The minimum absolute atomic E-state index is 0.986. The first-order chi connectivity index (χ1) is 3.38. The van der Waals surface area contributed by atoms with Crippen LogP contribution in [0.4, 0.5) is 0 Å². The van der Waals surface area contributed by atoms with Crippen LogP contribution in [0.25, 0.3) is 0 Å². The highest BCUT2D eigenvalue weighted by molar-refractivity contribution is 5.24. The summed E-state index contributed by atoms with van der Waals surface area (Å²) >= 11 is 0. The smallest absolute Gasteiger partial charge is 0.00556 e. The van der Waals surface area contributed by atoms with Crippen molar-refractivity contribution in [2.45, 2.75) is 19.8 Å². The molecule has 0 bridgehead atoms. The van der Waals surface area contributed by atoms with Gasteiger partial charge in [-0.2, -0.15) is 0 Å². The van der Waals surface area contributed by atoms with Crippen molar-refractivity contribution in [3.05, 3.63) is 11.6 Å². The first kappa shape index (κ1) is 3.71. The Bertz CT molecular complexity index is 122. The van der Waals surface area contributed by atoms with Gasteiger partial charge >= 0.3 is 0 Å². The van der Waals surface area contributed by atoms with E-state index in [1.165, 1.54) is 12.8 Å². The van der Waals surface area contributed by atoms with Crippen LogP contribution < -0.4 is 0 Å². The molecule has 0 aromatic carbocycles. The van der Waals surface area contributed by atoms with Crippen molar-refractivity contribution in [3.8, 4) is 0 Å². The zero-order chi connectivity index (χ0) is 4.85.